The molecule has 1 saturated heterocycles. The zero-order valence-electron chi connectivity index (χ0n) is 12.8. The number of hydrogen-bond donors (Lipinski definition) is 1. The largest absolute Gasteiger partial charge is 0.495 e. The summed E-state index contributed by atoms with van der Waals surface area (Å²) in [6.45, 7) is 8.84. The van der Waals surface area contributed by atoms with E-state index in [0.717, 1.165) is 18.8 Å². The standard InChI is InChI=1S/C16H26N2O/c1-16(2,3)12-6-7-14(15(10-12)19-5)18-9-8-13(11-18)17-4/h6-7,10,13,17H,8-9,11H2,1-5H3. The van der Waals surface area contributed by atoms with Crippen molar-refractivity contribution in [2.75, 3.05) is 32.1 Å². The first-order valence-corrected chi connectivity index (χ1v) is 7.06. The van der Waals surface area contributed by atoms with Gasteiger partial charge in [0, 0.05) is 19.1 Å². The predicted molar refractivity (Wildman–Crippen MR) is 81.4 cm³/mol. The highest BCUT2D eigenvalue weighted by Gasteiger charge is 2.24. The van der Waals surface area contributed by atoms with Gasteiger partial charge in [-0.1, -0.05) is 26.8 Å². The summed E-state index contributed by atoms with van der Waals surface area (Å²) in [6, 6.07) is 7.20. The van der Waals surface area contributed by atoms with Gasteiger partial charge in [0.05, 0.1) is 12.8 Å². The molecule has 1 fully saturated rings. The molecule has 1 atom stereocenters. The van der Waals surface area contributed by atoms with Crippen molar-refractivity contribution in [3.63, 3.8) is 0 Å². The zero-order chi connectivity index (χ0) is 14.0. The lowest BCUT2D eigenvalue weighted by Crippen LogP contribution is -2.29. The molecule has 0 radical (unpaired) electrons. The topological polar surface area (TPSA) is 24.5 Å². The van der Waals surface area contributed by atoms with Crippen LogP contribution in [0.4, 0.5) is 5.69 Å². The minimum Gasteiger partial charge on any atom is -0.495 e. The highest BCUT2D eigenvalue weighted by Crippen LogP contribution is 2.35. The van der Waals surface area contributed by atoms with Gasteiger partial charge < -0.3 is 15.0 Å². The fraction of sp³-hybridized carbons (Fsp3) is 0.625. The molecule has 1 N–H and O–H groups in total. The number of hydrogen-bond acceptors (Lipinski definition) is 3. The molecule has 1 aliphatic rings. The lowest BCUT2D eigenvalue weighted by Gasteiger charge is -2.25. The lowest BCUT2D eigenvalue weighted by molar-refractivity contribution is 0.412. The Morgan fingerprint density at radius 2 is 2.05 bits per heavy atom. The number of methoxy groups -OCH3 is 1. The van der Waals surface area contributed by atoms with Crippen molar-refractivity contribution in [2.24, 2.45) is 0 Å². The van der Waals surface area contributed by atoms with Gasteiger partial charge in [-0.25, -0.2) is 0 Å². The van der Waals surface area contributed by atoms with Crippen LogP contribution in [0.3, 0.4) is 0 Å². The van der Waals surface area contributed by atoms with Gasteiger partial charge in [-0.05, 0) is 36.6 Å². The van der Waals surface area contributed by atoms with Crippen LogP contribution in [0, 0.1) is 0 Å². The van der Waals surface area contributed by atoms with Crippen LogP contribution in [0.5, 0.6) is 5.75 Å². The summed E-state index contributed by atoms with van der Waals surface area (Å²) in [5.74, 6) is 0.990. The number of likely N-dealkylation sites (N-methyl/N-ethyl adjacent to an activating group) is 1. The number of nitrogens with zero attached hydrogens (tertiary/aromatic N) is 1. The molecule has 0 aliphatic carbocycles. The summed E-state index contributed by atoms with van der Waals surface area (Å²) in [6.07, 6.45) is 1.20. The smallest absolute Gasteiger partial charge is 0.142 e. The van der Waals surface area contributed by atoms with Crippen LogP contribution in [-0.4, -0.2) is 33.3 Å². The first-order valence-electron chi connectivity index (χ1n) is 7.06. The maximum atomic E-state index is 5.60. The molecule has 106 valence electrons. The Labute approximate surface area is 116 Å². The molecule has 0 amide bonds. The van der Waals surface area contributed by atoms with E-state index < -0.39 is 0 Å². The van der Waals surface area contributed by atoms with E-state index >= 15 is 0 Å². The predicted octanol–water partition coefficient (Wildman–Crippen LogP) is 2.79. The first kappa shape index (κ1) is 14.2. The van der Waals surface area contributed by atoms with Crippen molar-refractivity contribution in [3.05, 3.63) is 23.8 Å². The van der Waals surface area contributed by atoms with Crippen molar-refractivity contribution < 1.29 is 4.74 Å². The van der Waals surface area contributed by atoms with Gasteiger partial charge in [-0.2, -0.15) is 0 Å². The maximum absolute atomic E-state index is 5.60. The van der Waals surface area contributed by atoms with E-state index in [0.29, 0.717) is 6.04 Å². The number of anilines is 1. The van der Waals surface area contributed by atoms with Gasteiger partial charge in [0.25, 0.3) is 0 Å². The normalized spacial score (nSPS) is 19.8. The Balaban J connectivity index is 2.27. The van der Waals surface area contributed by atoms with Crippen LogP contribution in [0.25, 0.3) is 0 Å². The number of ether oxygens (including phenoxy) is 1. The van der Waals surface area contributed by atoms with Gasteiger partial charge in [-0.15, -0.1) is 0 Å². The molecule has 19 heavy (non-hydrogen) atoms. The second-order valence-electron chi connectivity index (χ2n) is 6.36. The van der Waals surface area contributed by atoms with Crippen LogP contribution in [0.2, 0.25) is 0 Å². The van der Waals surface area contributed by atoms with Crippen molar-refractivity contribution in [1.29, 1.82) is 0 Å². The molecular weight excluding hydrogens is 236 g/mol. The number of benzene rings is 1. The molecule has 1 aliphatic heterocycles. The SMILES string of the molecule is CNC1CCN(c2ccc(C(C)(C)C)cc2OC)C1. The molecule has 1 unspecified atom stereocenters. The van der Waals surface area contributed by atoms with E-state index in [1.165, 1.54) is 17.7 Å². The van der Waals surface area contributed by atoms with E-state index in [-0.39, 0.29) is 5.41 Å². The molecule has 0 saturated carbocycles. The zero-order valence-corrected chi connectivity index (χ0v) is 12.8. The van der Waals surface area contributed by atoms with Gasteiger partial charge in [0.2, 0.25) is 0 Å². The van der Waals surface area contributed by atoms with Crippen LogP contribution < -0.4 is 15.0 Å². The van der Waals surface area contributed by atoms with E-state index in [1.807, 2.05) is 7.05 Å². The average Bonchev–Trinajstić information content (AvgIpc) is 2.85. The molecule has 3 nitrogen and oxygen atoms in total. The molecule has 1 aromatic carbocycles. The van der Waals surface area contributed by atoms with Crippen LogP contribution in [0.15, 0.2) is 18.2 Å². The summed E-state index contributed by atoms with van der Waals surface area (Å²) in [5.41, 5.74) is 2.69. The molecule has 0 spiro atoms. The number of rotatable bonds is 3. The minimum absolute atomic E-state index is 0.157. The summed E-state index contributed by atoms with van der Waals surface area (Å²) < 4.78 is 5.60. The molecule has 1 aromatic rings. The fourth-order valence-corrected chi connectivity index (χ4v) is 2.62. The molecule has 0 aromatic heterocycles. The second kappa shape index (κ2) is 5.41. The van der Waals surface area contributed by atoms with Crippen molar-refractivity contribution in [1.82, 2.24) is 5.32 Å². The second-order valence-corrected chi connectivity index (χ2v) is 6.36. The highest BCUT2D eigenvalue weighted by molar-refractivity contribution is 5.61. The summed E-state index contributed by atoms with van der Waals surface area (Å²) in [5, 5.41) is 3.35. The fourth-order valence-electron chi connectivity index (χ4n) is 2.62. The van der Waals surface area contributed by atoms with Crippen LogP contribution >= 0.6 is 0 Å². The Kier molecular flexibility index (Phi) is 4.04. The van der Waals surface area contributed by atoms with Crippen molar-refractivity contribution in [3.8, 4) is 5.75 Å². The van der Waals surface area contributed by atoms with Gasteiger partial charge in [0.1, 0.15) is 5.75 Å². The molecule has 0 bridgehead atoms. The summed E-state index contributed by atoms with van der Waals surface area (Å²) in [4.78, 5) is 2.41. The maximum Gasteiger partial charge on any atom is 0.142 e. The lowest BCUT2D eigenvalue weighted by atomic mass is 9.87. The number of nitrogens with one attached hydrogen (secondary N) is 1. The quantitative estimate of drug-likeness (QED) is 0.906. The first-order chi connectivity index (χ1) is 8.95. The van der Waals surface area contributed by atoms with Crippen LogP contribution in [-0.2, 0) is 5.41 Å². The van der Waals surface area contributed by atoms with Gasteiger partial charge >= 0.3 is 0 Å². The molecule has 2 rings (SSSR count). The third-order valence-electron chi connectivity index (χ3n) is 3.98. The Hall–Kier alpha value is -1.22. The molecule has 1 heterocycles. The van der Waals surface area contributed by atoms with E-state index in [2.05, 4.69) is 49.2 Å². The highest BCUT2D eigenvalue weighted by atomic mass is 16.5. The van der Waals surface area contributed by atoms with E-state index in [4.69, 9.17) is 4.74 Å². The Bertz CT molecular complexity index is 437. The monoisotopic (exact) mass is 262 g/mol. The Morgan fingerprint density at radius 1 is 1.32 bits per heavy atom. The van der Waals surface area contributed by atoms with Crippen molar-refractivity contribution in [2.45, 2.75) is 38.6 Å². The summed E-state index contributed by atoms with van der Waals surface area (Å²) in [7, 11) is 3.80. The molecular formula is C16H26N2O. The van der Waals surface area contributed by atoms with Gasteiger partial charge in [0.15, 0.2) is 0 Å². The summed E-state index contributed by atoms with van der Waals surface area (Å²) >= 11 is 0. The average molecular weight is 262 g/mol. The van der Waals surface area contributed by atoms with Crippen molar-refractivity contribution >= 4 is 5.69 Å². The molecule has 3 heteroatoms. The van der Waals surface area contributed by atoms with Gasteiger partial charge in [-0.3, -0.25) is 0 Å². The van der Waals surface area contributed by atoms with Crippen LogP contribution in [0.1, 0.15) is 32.8 Å². The third-order valence-corrected chi connectivity index (χ3v) is 3.98. The van der Waals surface area contributed by atoms with E-state index in [1.54, 1.807) is 7.11 Å². The van der Waals surface area contributed by atoms with E-state index in [9.17, 15) is 0 Å². The third kappa shape index (κ3) is 3.03. The Morgan fingerprint density at radius 3 is 2.58 bits per heavy atom. The minimum atomic E-state index is 0.157.